The Balaban J connectivity index is 1.91. The van der Waals surface area contributed by atoms with Gasteiger partial charge in [-0.2, -0.15) is 14.7 Å². The molecular weight excluding hydrogens is 385 g/mol. The smallest absolute Gasteiger partial charge is 0.330 e. The van der Waals surface area contributed by atoms with E-state index < -0.39 is 7.60 Å². The summed E-state index contributed by atoms with van der Waals surface area (Å²) in [7, 11) is -3.03. The number of carbonyl (C=O) groups excluding carboxylic acids is 1. The van der Waals surface area contributed by atoms with Gasteiger partial charge in [-0.25, -0.2) is 4.98 Å². The second-order valence-corrected chi connectivity index (χ2v) is 7.60. The Bertz CT molecular complexity index is 776. The SMILES string of the molecule is CCOP(=O)(CCCCOn1cnc2c(Cl)nc(NC=O)nc21)OCC. The molecule has 2 aromatic rings. The molecule has 2 rings (SSSR count). The predicted molar refractivity (Wildman–Crippen MR) is 96.4 cm³/mol. The topological polar surface area (TPSA) is 117 Å². The Morgan fingerprint density at radius 3 is 2.65 bits per heavy atom. The fraction of sp³-hybridized carbons (Fsp3) is 0.571. The molecule has 1 N–H and O–H groups in total. The largest absolute Gasteiger partial charge is 0.411 e. The number of anilines is 1. The maximum Gasteiger partial charge on any atom is 0.330 e. The van der Waals surface area contributed by atoms with Gasteiger partial charge in [-0.15, -0.1) is 0 Å². The minimum atomic E-state index is -3.03. The molecule has 2 heterocycles. The fourth-order valence-corrected chi connectivity index (χ4v) is 4.13. The van der Waals surface area contributed by atoms with Crippen molar-refractivity contribution in [3.63, 3.8) is 0 Å². The van der Waals surface area contributed by atoms with E-state index in [1.807, 2.05) is 0 Å². The normalized spacial score (nSPS) is 11.7. The molecule has 12 heteroatoms. The Hall–Kier alpha value is -1.74. The number of imidazole rings is 1. The highest BCUT2D eigenvalue weighted by Crippen LogP contribution is 2.48. The summed E-state index contributed by atoms with van der Waals surface area (Å²) >= 11 is 6.01. The molecule has 2 aromatic heterocycles. The van der Waals surface area contributed by atoms with E-state index in [4.69, 9.17) is 25.5 Å². The molecule has 0 aliphatic rings. The van der Waals surface area contributed by atoms with Crippen LogP contribution in [0, 0.1) is 0 Å². The van der Waals surface area contributed by atoms with Crippen LogP contribution in [-0.4, -0.2) is 52.1 Å². The van der Waals surface area contributed by atoms with Gasteiger partial charge in [0, 0.05) is 0 Å². The van der Waals surface area contributed by atoms with Crippen molar-refractivity contribution < 1.29 is 23.2 Å². The van der Waals surface area contributed by atoms with E-state index >= 15 is 0 Å². The first-order chi connectivity index (χ1) is 12.5. The number of unbranched alkanes of at least 4 members (excludes halogenated alkanes) is 1. The van der Waals surface area contributed by atoms with Gasteiger partial charge in [0.25, 0.3) is 0 Å². The van der Waals surface area contributed by atoms with Crippen LogP contribution >= 0.6 is 19.2 Å². The molecule has 0 saturated carbocycles. The highest BCUT2D eigenvalue weighted by Gasteiger charge is 2.22. The van der Waals surface area contributed by atoms with Crippen LogP contribution in [-0.2, 0) is 18.4 Å². The maximum absolute atomic E-state index is 12.3. The van der Waals surface area contributed by atoms with Gasteiger partial charge in [-0.1, -0.05) is 11.6 Å². The van der Waals surface area contributed by atoms with Crippen molar-refractivity contribution in [3.05, 3.63) is 11.5 Å². The summed E-state index contributed by atoms with van der Waals surface area (Å²) in [5.74, 6) is 0.0530. The van der Waals surface area contributed by atoms with E-state index in [0.29, 0.717) is 56.4 Å². The molecule has 0 saturated heterocycles. The van der Waals surface area contributed by atoms with E-state index in [2.05, 4.69) is 20.3 Å². The molecule has 0 unspecified atom stereocenters. The van der Waals surface area contributed by atoms with Crippen molar-refractivity contribution in [3.8, 4) is 0 Å². The molecule has 0 aliphatic heterocycles. The molecule has 0 atom stereocenters. The van der Waals surface area contributed by atoms with Crippen molar-refractivity contribution in [2.75, 3.05) is 31.3 Å². The average molecular weight is 406 g/mol. The third-order valence-electron chi connectivity index (χ3n) is 3.22. The Morgan fingerprint density at radius 2 is 2.00 bits per heavy atom. The molecule has 1 amide bonds. The van der Waals surface area contributed by atoms with Crippen molar-refractivity contribution in [2.45, 2.75) is 26.7 Å². The van der Waals surface area contributed by atoms with Gasteiger partial charge in [0.2, 0.25) is 18.0 Å². The van der Waals surface area contributed by atoms with Crippen LogP contribution in [0.5, 0.6) is 0 Å². The molecule has 0 radical (unpaired) electrons. The van der Waals surface area contributed by atoms with E-state index in [1.54, 1.807) is 13.8 Å². The molecular formula is C14H21ClN5O5P. The molecule has 0 aromatic carbocycles. The van der Waals surface area contributed by atoms with Crippen LogP contribution < -0.4 is 10.2 Å². The summed E-state index contributed by atoms with van der Waals surface area (Å²) < 4.78 is 24.2. The average Bonchev–Trinajstić information content (AvgIpc) is 2.99. The first-order valence-electron chi connectivity index (χ1n) is 8.15. The number of amides is 1. The van der Waals surface area contributed by atoms with Gasteiger partial charge >= 0.3 is 7.60 Å². The van der Waals surface area contributed by atoms with E-state index in [-0.39, 0.29) is 11.1 Å². The lowest BCUT2D eigenvalue weighted by Crippen LogP contribution is -2.13. The minimum Gasteiger partial charge on any atom is -0.411 e. The molecule has 0 spiro atoms. The lowest BCUT2D eigenvalue weighted by atomic mass is 10.4. The number of rotatable bonds is 12. The zero-order chi connectivity index (χ0) is 19.0. The van der Waals surface area contributed by atoms with Gasteiger partial charge in [-0.05, 0) is 26.7 Å². The quantitative estimate of drug-likeness (QED) is 0.248. The molecule has 0 fully saturated rings. The molecule has 144 valence electrons. The summed E-state index contributed by atoms with van der Waals surface area (Å²) in [6.45, 7) is 4.57. The van der Waals surface area contributed by atoms with Gasteiger partial charge in [0.05, 0.1) is 19.4 Å². The number of halogens is 1. The number of nitrogens with one attached hydrogen (secondary N) is 1. The highest BCUT2D eigenvalue weighted by atomic mass is 35.5. The van der Waals surface area contributed by atoms with E-state index in [1.165, 1.54) is 11.1 Å². The van der Waals surface area contributed by atoms with Crippen LogP contribution in [0.4, 0.5) is 5.95 Å². The van der Waals surface area contributed by atoms with Crippen LogP contribution in [0.3, 0.4) is 0 Å². The third-order valence-corrected chi connectivity index (χ3v) is 5.65. The molecule has 10 nitrogen and oxygen atoms in total. The van der Waals surface area contributed by atoms with Crippen molar-refractivity contribution in [2.24, 2.45) is 0 Å². The molecule has 26 heavy (non-hydrogen) atoms. The summed E-state index contributed by atoms with van der Waals surface area (Å²) in [6, 6.07) is 0. The number of aromatic nitrogens is 4. The Morgan fingerprint density at radius 1 is 1.27 bits per heavy atom. The van der Waals surface area contributed by atoms with Gasteiger partial charge < -0.3 is 13.9 Å². The van der Waals surface area contributed by atoms with Gasteiger partial charge in [-0.3, -0.25) is 14.7 Å². The number of hydrogen-bond acceptors (Lipinski definition) is 8. The number of fused-ring (bicyclic) bond motifs is 1. The summed E-state index contributed by atoms with van der Waals surface area (Å²) in [6.07, 6.45) is 3.43. The highest BCUT2D eigenvalue weighted by molar-refractivity contribution is 7.53. The zero-order valence-electron chi connectivity index (χ0n) is 14.6. The molecule has 0 bridgehead atoms. The van der Waals surface area contributed by atoms with Crippen LogP contribution in [0.2, 0.25) is 5.15 Å². The Kier molecular flexibility index (Phi) is 7.77. The second-order valence-electron chi connectivity index (χ2n) is 5.05. The first-order valence-corrected chi connectivity index (χ1v) is 10.3. The van der Waals surface area contributed by atoms with Crippen molar-refractivity contribution in [1.29, 1.82) is 0 Å². The fourth-order valence-electron chi connectivity index (χ4n) is 2.19. The summed E-state index contributed by atoms with van der Waals surface area (Å²) in [5, 5.41) is 2.44. The van der Waals surface area contributed by atoms with Crippen molar-refractivity contribution in [1.82, 2.24) is 19.7 Å². The Labute approximate surface area is 155 Å². The first kappa shape index (κ1) is 20.6. The lowest BCUT2D eigenvalue weighted by Gasteiger charge is -2.16. The standard InChI is InChI=1S/C14H21ClN5O5P/c1-3-24-26(22,25-4-2)8-6-5-7-23-20-9-16-11-12(15)18-14(17-10-21)19-13(11)20/h9-10H,3-8H2,1-2H3,(H,17,18,19,21). The minimum absolute atomic E-state index is 0.0530. The third kappa shape index (κ3) is 5.38. The lowest BCUT2D eigenvalue weighted by molar-refractivity contribution is -0.105. The second kappa shape index (κ2) is 9.82. The summed E-state index contributed by atoms with van der Waals surface area (Å²) in [4.78, 5) is 28.2. The summed E-state index contributed by atoms with van der Waals surface area (Å²) in [5.41, 5.74) is 0.698. The maximum atomic E-state index is 12.3. The number of carbonyl (C=O) groups is 1. The van der Waals surface area contributed by atoms with E-state index in [9.17, 15) is 9.36 Å². The molecule has 0 aliphatic carbocycles. The predicted octanol–water partition coefficient (Wildman–Crippen LogP) is 2.52. The van der Waals surface area contributed by atoms with Crippen LogP contribution in [0.25, 0.3) is 11.2 Å². The monoisotopic (exact) mass is 405 g/mol. The van der Waals surface area contributed by atoms with E-state index in [0.717, 1.165) is 0 Å². The number of hydrogen-bond donors (Lipinski definition) is 1. The van der Waals surface area contributed by atoms with Crippen LogP contribution in [0.15, 0.2) is 6.33 Å². The van der Waals surface area contributed by atoms with Crippen molar-refractivity contribution >= 4 is 42.7 Å². The number of nitrogens with zero attached hydrogens (tertiary/aromatic N) is 4. The van der Waals surface area contributed by atoms with Crippen LogP contribution in [0.1, 0.15) is 26.7 Å². The van der Waals surface area contributed by atoms with Gasteiger partial charge in [0.1, 0.15) is 18.5 Å². The van der Waals surface area contributed by atoms with Gasteiger partial charge in [0.15, 0.2) is 5.15 Å². The zero-order valence-corrected chi connectivity index (χ0v) is 16.2.